The molecule has 9 nitrogen and oxygen atoms in total. The highest BCUT2D eigenvalue weighted by Crippen LogP contribution is 2.06. The second-order valence-electron chi connectivity index (χ2n) is 5.56. The molecule has 0 fully saturated rings. The molecule has 1 unspecified atom stereocenters. The molecule has 0 aliphatic rings. The highest BCUT2D eigenvalue weighted by molar-refractivity contribution is 6.05. The maximum absolute atomic E-state index is 12.3. The van der Waals surface area contributed by atoms with Crippen molar-refractivity contribution in [2.75, 3.05) is 32.1 Å². The SMILES string of the molecule is CCOC(=O)CN(C)C(C(=O)OCC)/C(C)=N/NC(=O)Nc1ccccc1. The lowest BCUT2D eigenvalue weighted by atomic mass is 10.1. The molecule has 0 saturated heterocycles. The summed E-state index contributed by atoms with van der Waals surface area (Å²) < 4.78 is 9.94. The number of hydrogen-bond acceptors (Lipinski definition) is 7. The minimum atomic E-state index is -0.939. The lowest BCUT2D eigenvalue weighted by molar-refractivity contribution is -0.149. The Hall–Kier alpha value is -2.94. The zero-order chi connectivity index (χ0) is 20.2. The maximum atomic E-state index is 12.3. The molecular formula is C18H26N4O5. The Morgan fingerprint density at radius 2 is 1.74 bits per heavy atom. The fourth-order valence-corrected chi connectivity index (χ4v) is 2.27. The molecule has 0 aliphatic carbocycles. The Morgan fingerprint density at radius 1 is 1.11 bits per heavy atom. The number of esters is 2. The molecule has 2 amide bonds. The summed E-state index contributed by atoms with van der Waals surface area (Å²) in [6.45, 7) is 5.23. The van der Waals surface area contributed by atoms with E-state index in [0.717, 1.165) is 0 Å². The number of nitrogens with one attached hydrogen (secondary N) is 2. The smallest absolute Gasteiger partial charge is 0.339 e. The first kappa shape index (κ1) is 22.1. The van der Waals surface area contributed by atoms with Gasteiger partial charge in [-0.1, -0.05) is 18.2 Å². The van der Waals surface area contributed by atoms with E-state index in [0.29, 0.717) is 5.69 Å². The van der Waals surface area contributed by atoms with Crippen LogP contribution in [0, 0.1) is 0 Å². The minimum Gasteiger partial charge on any atom is -0.465 e. The standard InChI is InChI=1S/C18H26N4O5/c1-5-26-15(23)12-22(4)16(17(24)27-6-2)13(3)20-21-18(25)19-14-10-8-7-9-11-14/h7-11,16H,5-6,12H2,1-4H3,(H2,19,21,25)/b20-13+. The number of para-hydroxylation sites is 1. The molecule has 1 aromatic rings. The lowest BCUT2D eigenvalue weighted by Gasteiger charge is -2.25. The Bertz CT molecular complexity index is 663. The van der Waals surface area contributed by atoms with Crippen molar-refractivity contribution in [1.82, 2.24) is 10.3 Å². The number of amides is 2. The zero-order valence-electron chi connectivity index (χ0n) is 16.0. The lowest BCUT2D eigenvalue weighted by Crippen LogP contribution is -2.47. The molecule has 0 bridgehead atoms. The van der Waals surface area contributed by atoms with Crippen molar-refractivity contribution in [1.29, 1.82) is 0 Å². The van der Waals surface area contributed by atoms with E-state index in [1.807, 2.05) is 6.07 Å². The maximum Gasteiger partial charge on any atom is 0.339 e. The van der Waals surface area contributed by atoms with E-state index in [4.69, 9.17) is 9.47 Å². The van der Waals surface area contributed by atoms with Crippen molar-refractivity contribution in [2.24, 2.45) is 5.10 Å². The largest absolute Gasteiger partial charge is 0.465 e. The van der Waals surface area contributed by atoms with E-state index < -0.39 is 24.0 Å². The van der Waals surface area contributed by atoms with E-state index in [-0.39, 0.29) is 25.5 Å². The molecule has 1 atom stereocenters. The predicted octanol–water partition coefficient (Wildman–Crippen LogP) is 1.61. The summed E-state index contributed by atoms with van der Waals surface area (Å²) in [5, 5.41) is 6.57. The Labute approximate surface area is 158 Å². The third-order valence-electron chi connectivity index (χ3n) is 3.40. The number of nitrogens with zero attached hydrogens (tertiary/aromatic N) is 2. The topological polar surface area (TPSA) is 109 Å². The van der Waals surface area contributed by atoms with Crippen LogP contribution in [0.1, 0.15) is 20.8 Å². The zero-order valence-corrected chi connectivity index (χ0v) is 16.0. The van der Waals surface area contributed by atoms with Gasteiger partial charge < -0.3 is 14.8 Å². The third-order valence-corrected chi connectivity index (χ3v) is 3.40. The normalized spacial score (nSPS) is 12.3. The van der Waals surface area contributed by atoms with Crippen LogP contribution in [0.25, 0.3) is 0 Å². The first-order valence-corrected chi connectivity index (χ1v) is 8.57. The van der Waals surface area contributed by atoms with Gasteiger partial charge in [-0.25, -0.2) is 15.0 Å². The van der Waals surface area contributed by atoms with Crippen LogP contribution in [0.5, 0.6) is 0 Å². The highest BCUT2D eigenvalue weighted by Gasteiger charge is 2.29. The summed E-state index contributed by atoms with van der Waals surface area (Å²) in [6, 6.07) is 7.35. The number of ether oxygens (including phenoxy) is 2. The molecule has 0 heterocycles. The molecule has 2 N–H and O–H groups in total. The highest BCUT2D eigenvalue weighted by atomic mass is 16.5. The number of carbonyl (C=O) groups excluding carboxylic acids is 3. The van der Waals surface area contributed by atoms with Crippen molar-refractivity contribution in [2.45, 2.75) is 26.8 Å². The van der Waals surface area contributed by atoms with Crippen LogP contribution in [-0.2, 0) is 19.1 Å². The van der Waals surface area contributed by atoms with Gasteiger partial charge in [0.25, 0.3) is 0 Å². The molecule has 0 spiro atoms. The van der Waals surface area contributed by atoms with Crippen LogP contribution >= 0.6 is 0 Å². The van der Waals surface area contributed by atoms with E-state index >= 15 is 0 Å². The van der Waals surface area contributed by atoms with Crippen LogP contribution in [0.3, 0.4) is 0 Å². The molecule has 27 heavy (non-hydrogen) atoms. The van der Waals surface area contributed by atoms with E-state index in [1.54, 1.807) is 52.1 Å². The molecule has 0 radical (unpaired) electrons. The quantitative estimate of drug-likeness (QED) is 0.384. The molecule has 0 saturated carbocycles. The minimum absolute atomic E-state index is 0.125. The molecular weight excluding hydrogens is 352 g/mol. The molecule has 1 rings (SSSR count). The fourth-order valence-electron chi connectivity index (χ4n) is 2.27. The molecule has 0 aliphatic heterocycles. The van der Waals surface area contributed by atoms with Crippen molar-refractivity contribution >= 4 is 29.4 Å². The number of anilines is 1. The van der Waals surface area contributed by atoms with Gasteiger partial charge in [0.15, 0.2) is 0 Å². The van der Waals surface area contributed by atoms with E-state index in [9.17, 15) is 14.4 Å². The molecule has 1 aromatic carbocycles. The van der Waals surface area contributed by atoms with Crippen LogP contribution in [0.4, 0.5) is 10.5 Å². The fraction of sp³-hybridized carbons (Fsp3) is 0.444. The van der Waals surface area contributed by atoms with Gasteiger partial charge in [-0.2, -0.15) is 5.10 Å². The van der Waals surface area contributed by atoms with Crippen molar-refractivity contribution in [3.05, 3.63) is 30.3 Å². The number of likely N-dealkylation sites (N-methyl/N-ethyl adjacent to an activating group) is 1. The van der Waals surface area contributed by atoms with Crippen LogP contribution in [0.15, 0.2) is 35.4 Å². The summed E-state index contributed by atoms with van der Waals surface area (Å²) in [5.74, 6) is -1.05. The Morgan fingerprint density at radius 3 is 2.33 bits per heavy atom. The number of rotatable bonds is 9. The van der Waals surface area contributed by atoms with Gasteiger partial charge in [0, 0.05) is 5.69 Å². The first-order chi connectivity index (χ1) is 12.9. The van der Waals surface area contributed by atoms with Gasteiger partial charge in [-0.3, -0.25) is 9.69 Å². The van der Waals surface area contributed by atoms with Crippen LogP contribution in [0.2, 0.25) is 0 Å². The third kappa shape index (κ3) is 7.87. The molecule has 9 heteroatoms. The summed E-state index contributed by atoms with van der Waals surface area (Å²) >= 11 is 0. The van der Waals surface area contributed by atoms with Crippen molar-refractivity contribution < 1.29 is 23.9 Å². The van der Waals surface area contributed by atoms with Gasteiger partial charge in [0.2, 0.25) is 0 Å². The summed E-state index contributed by atoms with van der Waals surface area (Å²) in [5.41, 5.74) is 3.20. The second-order valence-corrected chi connectivity index (χ2v) is 5.56. The number of benzene rings is 1. The average Bonchev–Trinajstić information content (AvgIpc) is 2.61. The molecule has 148 valence electrons. The Kier molecular flexibility index (Phi) is 9.52. The number of hydrogen-bond donors (Lipinski definition) is 2. The van der Waals surface area contributed by atoms with Crippen LogP contribution < -0.4 is 10.7 Å². The summed E-state index contributed by atoms with van der Waals surface area (Å²) in [6.07, 6.45) is 0. The number of hydrazone groups is 1. The monoisotopic (exact) mass is 378 g/mol. The van der Waals surface area contributed by atoms with Gasteiger partial charge in [0.05, 0.1) is 25.5 Å². The first-order valence-electron chi connectivity index (χ1n) is 8.57. The van der Waals surface area contributed by atoms with Gasteiger partial charge in [-0.15, -0.1) is 0 Å². The van der Waals surface area contributed by atoms with Crippen molar-refractivity contribution in [3.63, 3.8) is 0 Å². The van der Waals surface area contributed by atoms with E-state index in [2.05, 4.69) is 15.8 Å². The number of carbonyl (C=O) groups is 3. The van der Waals surface area contributed by atoms with Gasteiger partial charge in [-0.05, 0) is 40.0 Å². The predicted molar refractivity (Wildman–Crippen MR) is 101 cm³/mol. The van der Waals surface area contributed by atoms with Crippen molar-refractivity contribution in [3.8, 4) is 0 Å². The van der Waals surface area contributed by atoms with E-state index in [1.165, 1.54) is 4.90 Å². The van der Waals surface area contributed by atoms with Gasteiger partial charge >= 0.3 is 18.0 Å². The Balaban J connectivity index is 2.80. The number of urea groups is 1. The van der Waals surface area contributed by atoms with Gasteiger partial charge in [0.1, 0.15) is 6.04 Å². The summed E-state index contributed by atoms with van der Waals surface area (Å²) in [4.78, 5) is 37.4. The summed E-state index contributed by atoms with van der Waals surface area (Å²) in [7, 11) is 1.57. The molecule has 0 aromatic heterocycles. The second kappa shape index (κ2) is 11.6. The average molecular weight is 378 g/mol. The van der Waals surface area contributed by atoms with Crippen LogP contribution in [-0.4, -0.2) is 61.4 Å².